The predicted octanol–water partition coefficient (Wildman–Crippen LogP) is 2.43. The molecule has 1 aromatic rings. The van der Waals surface area contributed by atoms with Crippen LogP contribution in [0.2, 0.25) is 0 Å². The van der Waals surface area contributed by atoms with Crippen LogP contribution in [0.4, 0.5) is 5.69 Å². The molecule has 0 spiro atoms. The maximum atomic E-state index is 3.18. The van der Waals surface area contributed by atoms with Gasteiger partial charge < -0.3 is 10.2 Å². The van der Waals surface area contributed by atoms with Crippen molar-refractivity contribution in [3.8, 4) is 0 Å². The summed E-state index contributed by atoms with van der Waals surface area (Å²) in [4.78, 5) is 2.42. The molecule has 84 valence electrons. The molecule has 0 radical (unpaired) electrons. The van der Waals surface area contributed by atoms with Crippen molar-refractivity contribution >= 4 is 5.69 Å². The van der Waals surface area contributed by atoms with E-state index in [0.29, 0.717) is 0 Å². The lowest BCUT2D eigenvalue weighted by Gasteiger charge is -2.23. The van der Waals surface area contributed by atoms with Gasteiger partial charge in [0, 0.05) is 18.8 Å². The fourth-order valence-electron chi connectivity index (χ4n) is 1.74. The van der Waals surface area contributed by atoms with Crippen molar-refractivity contribution in [1.82, 2.24) is 5.32 Å². The van der Waals surface area contributed by atoms with E-state index >= 15 is 0 Å². The summed E-state index contributed by atoms with van der Waals surface area (Å²) in [5, 5.41) is 3.18. The standard InChI is InChI=1S/C13H22N2/c1-4-15(10-6-9-14-3)13-8-5-7-12(2)11-13/h5,7-8,11,14H,4,6,9-10H2,1-3H3. The molecule has 0 aliphatic carbocycles. The minimum Gasteiger partial charge on any atom is -0.372 e. The molecule has 2 nitrogen and oxygen atoms in total. The average molecular weight is 206 g/mol. The van der Waals surface area contributed by atoms with Gasteiger partial charge in [-0.25, -0.2) is 0 Å². The van der Waals surface area contributed by atoms with Gasteiger partial charge >= 0.3 is 0 Å². The summed E-state index contributed by atoms with van der Waals surface area (Å²) in [6.07, 6.45) is 1.19. The Labute approximate surface area is 93.3 Å². The van der Waals surface area contributed by atoms with Crippen LogP contribution in [-0.2, 0) is 0 Å². The molecule has 0 fully saturated rings. The number of benzene rings is 1. The van der Waals surface area contributed by atoms with Crippen LogP contribution >= 0.6 is 0 Å². The molecule has 0 aliphatic heterocycles. The maximum absolute atomic E-state index is 3.18. The van der Waals surface area contributed by atoms with Gasteiger partial charge in [0.05, 0.1) is 0 Å². The maximum Gasteiger partial charge on any atom is 0.0368 e. The highest BCUT2D eigenvalue weighted by molar-refractivity contribution is 5.48. The Morgan fingerprint density at radius 1 is 1.33 bits per heavy atom. The summed E-state index contributed by atoms with van der Waals surface area (Å²) < 4.78 is 0. The molecular weight excluding hydrogens is 184 g/mol. The van der Waals surface area contributed by atoms with Crippen LogP contribution in [0.5, 0.6) is 0 Å². The quantitative estimate of drug-likeness (QED) is 0.719. The lowest BCUT2D eigenvalue weighted by molar-refractivity contribution is 0.693. The third-order valence-electron chi connectivity index (χ3n) is 2.60. The molecule has 0 saturated carbocycles. The number of anilines is 1. The molecule has 0 amide bonds. The minimum absolute atomic E-state index is 1.08. The van der Waals surface area contributed by atoms with Crippen molar-refractivity contribution in [1.29, 1.82) is 0 Å². The van der Waals surface area contributed by atoms with Gasteiger partial charge in [-0.05, 0) is 51.6 Å². The van der Waals surface area contributed by atoms with Gasteiger partial charge in [0.25, 0.3) is 0 Å². The predicted molar refractivity (Wildman–Crippen MR) is 67.6 cm³/mol. The molecule has 0 aromatic heterocycles. The lowest BCUT2D eigenvalue weighted by atomic mass is 10.2. The van der Waals surface area contributed by atoms with Gasteiger partial charge in [0.15, 0.2) is 0 Å². The largest absolute Gasteiger partial charge is 0.372 e. The zero-order valence-corrected chi connectivity index (χ0v) is 10.1. The third kappa shape index (κ3) is 3.92. The summed E-state index contributed by atoms with van der Waals surface area (Å²) in [5.74, 6) is 0. The molecule has 0 bridgehead atoms. The van der Waals surface area contributed by atoms with Crippen LogP contribution in [0.1, 0.15) is 18.9 Å². The van der Waals surface area contributed by atoms with E-state index in [9.17, 15) is 0 Å². The van der Waals surface area contributed by atoms with E-state index in [4.69, 9.17) is 0 Å². The Morgan fingerprint density at radius 3 is 2.73 bits per heavy atom. The van der Waals surface area contributed by atoms with E-state index in [1.807, 2.05) is 7.05 Å². The first kappa shape index (κ1) is 12.1. The Balaban J connectivity index is 2.57. The molecule has 1 aromatic carbocycles. The monoisotopic (exact) mass is 206 g/mol. The number of hydrogen-bond donors (Lipinski definition) is 1. The van der Waals surface area contributed by atoms with Crippen molar-refractivity contribution < 1.29 is 0 Å². The minimum atomic E-state index is 1.08. The summed E-state index contributed by atoms with van der Waals surface area (Å²) in [6.45, 7) is 7.64. The van der Waals surface area contributed by atoms with E-state index in [-0.39, 0.29) is 0 Å². The second kappa shape index (κ2) is 6.46. The van der Waals surface area contributed by atoms with E-state index in [2.05, 4.69) is 48.3 Å². The summed E-state index contributed by atoms with van der Waals surface area (Å²) in [6, 6.07) is 8.72. The Kier molecular flexibility index (Phi) is 5.19. The van der Waals surface area contributed by atoms with Crippen LogP contribution in [0.15, 0.2) is 24.3 Å². The first-order valence-electron chi connectivity index (χ1n) is 5.74. The van der Waals surface area contributed by atoms with Gasteiger partial charge in [-0.2, -0.15) is 0 Å². The van der Waals surface area contributed by atoms with E-state index in [1.54, 1.807) is 0 Å². The van der Waals surface area contributed by atoms with Gasteiger partial charge in [-0.1, -0.05) is 12.1 Å². The molecule has 0 aliphatic rings. The highest BCUT2D eigenvalue weighted by Crippen LogP contribution is 2.15. The topological polar surface area (TPSA) is 15.3 Å². The molecule has 2 heteroatoms. The van der Waals surface area contributed by atoms with Crippen molar-refractivity contribution in [2.75, 3.05) is 31.6 Å². The summed E-state index contributed by atoms with van der Waals surface area (Å²) in [7, 11) is 2.00. The molecule has 0 atom stereocenters. The number of nitrogens with zero attached hydrogens (tertiary/aromatic N) is 1. The zero-order valence-electron chi connectivity index (χ0n) is 10.1. The number of nitrogens with one attached hydrogen (secondary N) is 1. The van der Waals surface area contributed by atoms with Gasteiger partial charge in [-0.3, -0.25) is 0 Å². The van der Waals surface area contributed by atoms with Gasteiger partial charge in [-0.15, -0.1) is 0 Å². The first-order valence-corrected chi connectivity index (χ1v) is 5.74. The highest BCUT2D eigenvalue weighted by atomic mass is 15.1. The normalized spacial score (nSPS) is 10.3. The Hall–Kier alpha value is -1.02. The van der Waals surface area contributed by atoms with Crippen LogP contribution in [0, 0.1) is 6.92 Å². The fraction of sp³-hybridized carbons (Fsp3) is 0.538. The molecule has 0 heterocycles. The lowest BCUT2D eigenvalue weighted by Crippen LogP contribution is -2.26. The van der Waals surface area contributed by atoms with Crippen molar-refractivity contribution in [3.63, 3.8) is 0 Å². The van der Waals surface area contributed by atoms with Crippen molar-refractivity contribution in [2.45, 2.75) is 20.3 Å². The molecule has 15 heavy (non-hydrogen) atoms. The van der Waals surface area contributed by atoms with Crippen molar-refractivity contribution in [2.24, 2.45) is 0 Å². The molecular formula is C13H22N2. The van der Waals surface area contributed by atoms with Crippen LogP contribution < -0.4 is 10.2 Å². The summed E-state index contributed by atoms with van der Waals surface area (Å²) >= 11 is 0. The van der Waals surface area contributed by atoms with Gasteiger partial charge in [0.1, 0.15) is 0 Å². The number of rotatable bonds is 6. The van der Waals surface area contributed by atoms with E-state index in [0.717, 1.165) is 19.6 Å². The van der Waals surface area contributed by atoms with E-state index in [1.165, 1.54) is 17.7 Å². The van der Waals surface area contributed by atoms with Crippen LogP contribution in [0.3, 0.4) is 0 Å². The Morgan fingerprint density at radius 2 is 2.13 bits per heavy atom. The van der Waals surface area contributed by atoms with Crippen LogP contribution in [0.25, 0.3) is 0 Å². The molecule has 0 saturated heterocycles. The second-order valence-electron chi connectivity index (χ2n) is 3.88. The highest BCUT2D eigenvalue weighted by Gasteiger charge is 2.02. The van der Waals surface area contributed by atoms with Gasteiger partial charge in [0.2, 0.25) is 0 Å². The number of aryl methyl sites for hydroxylation is 1. The summed E-state index contributed by atoms with van der Waals surface area (Å²) in [5.41, 5.74) is 2.67. The fourth-order valence-corrected chi connectivity index (χ4v) is 1.74. The molecule has 1 N–H and O–H groups in total. The second-order valence-corrected chi connectivity index (χ2v) is 3.88. The van der Waals surface area contributed by atoms with Crippen molar-refractivity contribution in [3.05, 3.63) is 29.8 Å². The smallest absolute Gasteiger partial charge is 0.0368 e. The van der Waals surface area contributed by atoms with Crippen LogP contribution in [-0.4, -0.2) is 26.7 Å². The number of hydrogen-bond acceptors (Lipinski definition) is 2. The molecule has 0 unspecified atom stereocenters. The third-order valence-corrected chi connectivity index (χ3v) is 2.60. The SMILES string of the molecule is CCN(CCCNC)c1cccc(C)c1. The van der Waals surface area contributed by atoms with E-state index < -0.39 is 0 Å². The zero-order chi connectivity index (χ0) is 11.1. The average Bonchev–Trinajstić information content (AvgIpc) is 2.24. The Bertz CT molecular complexity index is 284. The first-order chi connectivity index (χ1) is 7.27. The molecule has 1 rings (SSSR count).